The molecule has 0 spiro atoms. The molecule has 3 nitrogen and oxygen atoms in total. The molecule has 2 N–H and O–H groups in total. The van der Waals surface area contributed by atoms with Crippen molar-refractivity contribution in [1.82, 2.24) is 0 Å². The van der Waals surface area contributed by atoms with Crippen molar-refractivity contribution in [2.75, 3.05) is 17.2 Å². The fourth-order valence-electron chi connectivity index (χ4n) is 1.80. The molecule has 0 saturated carbocycles. The Morgan fingerprint density at radius 3 is 2.29 bits per heavy atom. The SMILES string of the molecule is O=C(CNc1ccc(C(F)(F)F)cc1Cl)Nc1ccc(F)cc1F. The Morgan fingerprint density at radius 2 is 1.71 bits per heavy atom. The minimum absolute atomic E-state index is 0.111. The van der Waals surface area contributed by atoms with Gasteiger partial charge < -0.3 is 10.6 Å². The summed E-state index contributed by atoms with van der Waals surface area (Å²) in [5, 5.41) is 4.51. The fraction of sp³-hybridized carbons (Fsp3) is 0.133. The number of amides is 1. The second-order valence-electron chi connectivity index (χ2n) is 4.72. The quantitative estimate of drug-likeness (QED) is 0.773. The molecule has 2 aromatic carbocycles. The van der Waals surface area contributed by atoms with Gasteiger partial charge in [-0.25, -0.2) is 8.78 Å². The molecular formula is C15H10ClF5N2O. The van der Waals surface area contributed by atoms with E-state index in [-0.39, 0.29) is 22.9 Å². The van der Waals surface area contributed by atoms with Crippen molar-refractivity contribution in [3.63, 3.8) is 0 Å². The first-order valence-electron chi connectivity index (χ1n) is 6.52. The first-order valence-corrected chi connectivity index (χ1v) is 6.90. The molecule has 0 aliphatic carbocycles. The molecule has 0 aliphatic heterocycles. The van der Waals surface area contributed by atoms with E-state index in [0.29, 0.717) is 6.07 Å². The van der Waals surface area contributed by atoms with Crippen molar-refractivity contribution in [2.24, 2.45) is 0 Å². The number of carbonyl (C=O) groups is 1. The third-order valence-electron chi connectivity index (χ3n) is 2.94. The fourth-order valence-corrected chi connectivity index (χ4v) is 2.04. The van der Waals surface area contributed by atoms with Gasteiger partial charge in [0.25, 0.3) is 0 Å². The van der Waals surface area contributed by atoms with E-state index in [9.17, 15) is 26.7 Å². The molecule has 2 aromatic rings. The summed E-state index contributed by atoms with van der Waals surface area (Å²) in [7, 11) is 0. The van der Waals surface area contributed by atoms with Crippen molar-refractivity contribution >= 4 is 28.9 Å². The maximum absolute atomic E-state index is 13.4. The summed E-state index contributed by atoms with van der Waals surface area (Å²) in [6.45, 7) is -0.373. The van der Waals surface area contributed by atoms with E-state index in [1.54, 1.807) is 0 Å². The Bertz CT molecular complexity index is 764. The third kappa shape index (κ3) is 4.58. The number of benzene rings is 2. The lowest BCUT2D eigenvalue weighted by Crippen LogP contribution is -2.22. The summed E-state index contributed by atoms with van der Waals surface area (Å²) in [6, 6.07) is 5.24. The molecule has 0 bridgehead atoms. The zero-order valence-electron chi connectivity index (χ0n) is 11.8. The van der Waals surface area contributed by atoms with E-state index in [2.05, 4.69) is 10.6 Å². The van der Waals surface area contributed by atoms with Crippen LogP contribution in [0.4, 0.5) is 33.3 Å². The van der Waals surface area contributed by atoms with Gasteiger partial charge in [-0.3, -0.25) is 4.79 Å². The van der Waals surface area contributed by atoms with E-state index in [4.69, 9.17) is 11.6 Å². The molecule has 0 atom stereocenters. The lowest BCUT2D eigenvalue weighted by atomic mass is 10.2. The molecule has 0 unspecified atom stereocenters. The average Bonchev–Trinajstić information content (AvgIpc) is 2.48. The van der Waals surface area contributed by atoms with Gasteiger partial charge in [0.05, 0.1) is 28.5 Å². The maximum atomic E-state index is 13.4. The minimum Gasteiger partial charge on any atom is -0.375 e. The van der Waals surface area contributed by atoms with Crippen LogP contribution in [0, 0.1) is 11.6 Å². The van der Waals surface area contributed by atoms with Crippen LogP contribution in [-0.2, 0) is 11.0 Å². The Balaban J connectivity index is 1.99. The van der Waals surface area contributed by atoms with E-state index >= 15 is 0 Å². The number of halogens is 6. The van der Waals surface area contributed by atoms with Crippen LogP contribution < -0.4 is 10.6 Å². The third-order valence-corrected chi connectivity index (χ3v) is 3.25. The number of alkyl halides is 3. The maximum Gasteiger partial charge on any atom is 0.416 e. The number of hydrogen-bond acceptors (Lipinski definition) is 2. The van der Waals surface area contributed by atoms with Crippen LogP contribution in [0.1, 0.15) is 5.56 Å². The van der Waals surface area contributed by atoms with E-state index in [0.717, 1.165) is 30.3 Å². The molecule has 0 aromatic heterocycles. The van der Waals surface area contributed by atoms with E-state index < -0.39 is 29.3 Å². The number of carbonyl (C=O) groups excluding carboxylic acids is 1. The van der Waals surface area contributed by atoms with Gasteiger partial charge in [-0.1, -0.05) is 11.6 Å². The molecule has 128 valence electrons. The first-order chi connectivity index (χ1) is 11.2. The van der Waals surface area contributed by atoms with Gasteiger partial charge in [-0.15, -0.1) is 0 Å². The highest BCUT2D eigenvalue weighted by atomic mass is 35.5. The molecule has 9 heteroatoms. The summed E-state index contributed by atoms with van der Waals surface area (Å²) in [4.78, 5) is 11.7. The molecule has 0 aliphatic rings. The van der Waals surface area contributed by atoms with Crippen LogP contribution in [0.2, 0.25) is 5.02 Å². The topological polar surface area (TPSA) is 41.1 Å². The smallest absolute Gasteiger partial charge is 0.375 e. The van der Waals surface area contributed by atoms with Crippen LogP contribution in [-0.4, -0.2) is 12.5 Å². The molecule has 0 heterocycles. The van der Waals surface area contributed by atoms with Crippen molar-refractivity contribution in [3.05, 3.63) is 58.6 Å². The van der Waals surface area contributed by atoms with Crippen LogP contribution in [0.25, 0.3) is 0 Å². The van der Waals surface area contributed by atoms with Gasteiger partial charge in [0.15, 0.2) is 0 Å². The van der Waals surface area contributed by atoms with Gasteiger partial charge in [-0.2, -0.15) is 13.2 Å². The second-order valence-corrected chi connectivity index (χ2v) is 5.13. The first kappa shape index (κ1) is 18.0. The Labute approximate surface area is 138 Å². The highest BCUT2D eigenvalue weighted by Crippen LogP contribution is 2.33. The summed E-state index contributed by atoms with van der Waals surface area (Å²) in [5.41, 5.74) is -1.03. The molecule has 0 radical (unpaired) electrons. The number of rotatable bonds is 4. The molecule has 0 saturated heterocycles. The Morgan fingerprint density at radius 1 is 1.04 bits per heavy atom. The highest BCUT2D eigenvalue weighted by molar-refractivity contribution is 6.33. The van der Waals surface area contributed by atoms with Gasteiger partial charge >= 0.3 is 6.18 Å². The second kappa shape index (κ2) is 7.04. The van der Waals surface area contributed by atoms with Gasteiger partial charge in [0, 0.05) is 6.07 Å². The molecule has 1 amide bonds. The monoisotopic (exact) mass is 364 g/mol. The number of anilines is 2. The summed E-state index contributed by atoms with van der Waals surface area (Å²) < 4.78 is 63.7. The Hall–Kier alpha value is -2.35. The van der Waals surface area contributed by atoms with Crippen LogP contribution in [0.5, 0.6) is 0 Å². The summed E-state index contributed by atoms with van der Waals surface area (Å²) >= 11 is 5.73. The Kier molecular flexibility index (Phi) is 5.28. The largest absolute Gasteiger partial charge is 0.416 e. The van der Waals surface area contributed by atoms with Gasteiger partial charge in [-0.05, 0) is 30.3 Å². The van der Waals surface area contributed by atoms with Crippen LogP contribution in [0.15, 0.2) is 36.4 Å². The lowest BCUT2D eigenvalue weighted by Gasteiger charge is -2.12. The molecular weight excluding hydrogens is 355 g/mol. The zero-order chi connectivity index (χ0) is 17.9. The van der Waals surface area contributed by atoms with Crippen LogP contribution >= 0.6 is 11.6 Å². The normalized spacial score (nSPS) is 11.2. The van der Waals surface area contributed by atoms with Crippen molar-refractivity contribution in [3.8, 4) is 0 Å². The predicted molar refractivity (Wildman–Crippen MR) is 79.9 cm³/mol. The van der Waals surface area contributed by atoms with E-state index in [1.807, 2.05) is 0 Å². The van der Waals surface area contributed by atoms with Gasteiger partial charge in [0.1, 0.15) is 11.6 Å². The standard InChI is InChI=1S/C15H10ClF5N2O/c16-10-5-8(15(19,20)21)1-3-12(10)22-7-14(24)23-13-4-2-9(17)6-11(13)18/h1-6,22H,7H2,(H,23,24). The van der Waals surface area contributed by atoms with Crippen LogP contribution in [0.3, 0.4) is 0 Å². The zero-order valence-corrected chi connectivity index (χ0v) is 12.6. The lowest BCUT2D eigenvalue weighted by molar-refractivity contribution is -0.137. The highest BCUT2D eigenvalue weighted by Gasteiger charge is 2.30. The molecule has 2 rings (SSSR count). The average molecular weight is 365 g/mol. The number of hydrogen-bond donors (Lipinski definition) is 2. The van der Waals surface area contributed by atoms with Crippen molar-refractivity contribution in [2.45, 2.75) is 6.18 Å². The van der Waals surface area contributed by atoms with Crippen molar-refractivity contribution < 1.29 is 26.7 Å². The van der Waals surface area contributed by atoms with Gasteiger partial charge in [0.2, 0.25) is 5.91 Å². The van der Waals surface area contributed by atoms with E-state index in [1.165, 1.54) is 0 Å². The molecule has 0 fully saturated rings. The van der Waals surface area contributed by atoms with Crippen molar-refractivity contribution in [1.29, 1.82) is 0 Å². The predicted octanol–water partition coefficient (Wildman–Crippen LogP) is 4.69. The summed E-state index contributed by atoms with van der Waals surface area (Å²) in [6.07, 6.45) is -4.53. The minimum atomic E-state index is -4.53. The number of nitrogens with one attached hydrogen (secondary N) is 2. The summed E-state index contributed by atoms with van der Waals surface area (Å²) in [5.74, 6) is -2.42. The molecule has 24 heavy (non-hydrogen) atoms.